The number of hydrogen-bond donors (Lipinski definition) is 0. The lowest BCUT2D eigenvalue weighted by Crippen LogP contribution is -2.38. The SMILES string of the molecule is CCC=C(C(=O)OC)N1CCOCC1. The molecule has 14 heavy (non-hydrogen) atoms. The minimum Gasteiger partial charge on any atom is -0.464 e. The topological polar surface area (TPSA) is 38.8 Å². The lowest BCUT2D eigenvalue weighted by atomic mass is 10.3. The molecule has 0 atom stereocenters. The van der Waals surface area contributed by atoms with E-state index in [1.54, 1.807) is 0 Å². The normalized spacial score (nSPS) is 18.1. The van der Waals surface area contributed by atoms with Gasteiger partial charge in [-0.1, -0.05) is 13.0 Å². The fourth-order valence-electron chi connectivity index (χ4n) is 1.44. The Bertz CT molecular complexity index is 219. The molecule has 4 nitrogen and oxygen atoms in total. The van der Waals surface area contributed by atoms with Crippen LogP contribution in [-0.4, -0.2) is 44.3 Å². The summed E-state index contributed by atoms with van der Waals surface area (Å²) < 4.78 is 9.95. The Kier molecular flexibility index (Phi) is 4.46. The molecule has 0 aromatic carbocycles. The van der Waals surface area contributed by atoms with E-state index in [0.717, 1.165) is 19.5 Å². The highest BCUT2D eigenvalue weighted by Crippen LogP contribution is 2.10. The minimum atomic E-state index is -0.256. The molecule has 1 fully saturated rings. The molecule has 0 unspecified atom stereocenters. The van der Waals surface area contributed by atoms with E-state index < -0.39 is 0 Å². The molecule has 1 rings (SSSR count). The van der Waals surface area contributed by atoms with Crippen LogP contribution in [0.4, 0.5) is 0 Å². The number of morpholine rings is 1. The summed E-state index contributed by atoms with van der Waals surface area (Å²) in [6, 6.07) is 0. The molecule has 0 amide bonds. The maximum absolute atomic E-state index is 11.4. The molecule has 80 valence electrons. The smallest absolute Gasteiger partial charge is 0.353 e. The molecule has 0 radical (unpaired) electrons. The van der Waals surface area contributed by atoms with Gasteiger partial charge < -0.3 is 14.4 Å². The van der Waals surface area contributed by atoms with Crippen molar-refractivity contribution in [3.05, 3.63) is 11.8 Å². The van der Waals surface area contributed by atoms with Crippen LogP contribution < -0.4 is 0 Å². The molecule has 0 spiro atoms. The maximum atomic E-state index is 11.4. The predicted molar refractivity (Wildman–Crippen MR) is 52.8 cm³/mol. The number of nitrogens with zero attached hydrogens (tertiary/aromatic N) is 1. The van der Waals surface area contributed by atoms with Crippen LogP contribution in [0.15, 0.2) is 11.8 Å². The van der Waals surface area contributed by atoms with Gasteiger partial charge in [0.1, 0.15) is 5.70 Å². The van der Waals surface area contributed by atoms with Gasteiger partial charge in [0.05, 0.1) is 20.3 Å². The van der Waals surface area contributed by atoms with E-state index in [2.05, 4.69) is 0 Å². The van der Waals surface area contributed by atoms with Gasteiger partial charge >= 0.3 is 5.97 Å². The van der Waals surface area contributed by atoms with E-state index in [0.29, 0.717) is 18.9 Å². The Hall–Kier alpha value is -1.03. The van der Waals surface area contributed by atoms with Gasteiger partial charge in [0.25, 0.3) is 0 Å². The molecule has 0 aromatic rings. The highest BCUT2D eigenvalue weighted by Gasteiger charge is 2.19. The Morgan fingerprint density at radius 3 is 2.64 bits per heavy atom. The first-order valence-electron chi connectivity index (χ1n) is 4.90. The first kappa shape index (κ1) is 11.0. The van der Waals surface area contributed by atoms with E-state index in [9.17, 15) is 4.79 Å². The number of hydrogen-bond acceptors (Lipinski definition) is 4. The highest BCUT2D eigenvalue weighted by molar-refractivity contribution is 5.87. The monoisotopic (exact) mass is 199 g/mol. The van der Waals surface area contributed by atoms with Crippen molar-refractivity contribution in [3.63, 3.8) is 0 Å². The number of carbonyl (C=O) groups excluding carboxylic acids is 1. The molecule has 0 aliphatic carbocycles. The zero-order valence-corrected chi connectivity index (χ0v) is 8.78. The third kappa shape index (κ3) is 2.73. The molecule has 1 saturated heterocycles. The predicted octanol–water partition coefficient (Wildman–Crippen LogP) is 0.786. The maximum Gasteiger partial charge on any atom is 0.353 e. The quantitative estimate of drug-likeness (QED) is 0.497. The second-order valence-corrected chi connectivity index (χ2v) is 3.09. The van der Waals surface area contributed by atoms with Crippen LogP contribution in [0.25, 0.3) is 0 Å². The van der Waals surface area contributed by atoms with Crippen LogP contribution in [0.3, 0.4) is 0 Å². The fraction of sp³-hybridized carbons (Fsp3) is 0.700. The summed E-state index contributed by atoms with van der Waals surface area (Å²) in [5.41, 5.74) is 0.665. The van der Waals surface area contributed by atoms with Gasteiger partial charge in [-0.15, -0.1) is 0 Å². The van der Waals surface area contributed by atoms with Gasteiger partial charge in [0.2, 0.25) is 0 Å². The molecular weight excluding hydrogens is 182 g/mol. The lowest BCUT2D eigenvalue weighted by molar-refractivity contribution is -0.138. The number of esters is 1. The van der Waals surface area contributed by atoms with Crippen LogP contribution in [0.1, 0.15) is 13.3 Å². The third-order valence-electron chi connectivity index (χ3n) is 2.14. The molecule has 0 bridgehead atoms. The number of methoxy groups -OCH3 is 1. The zero-order valence-electron chi connectivity index (χ0n) is 8.78. The van der Waals surface area contributed by atoms with E-state index in [-0.39, 0.29) is 5.97 Å². The van der Waals surface area contributed by atoms with Crippen molar-refractivity contribution in [3.8, 4) is 0 Å². The van der Waals surface area contributed by atoms with Crippen LogP contribution in [-0.2, 0) is 14.3 Å². The van der Waals surface area contributed by atoms with Crippen molar-refractivity contribution in [2.75, 3.05) is 33.4 Å². The Morgan fingerprint density at radius 2 is 2.14 bits per heavy atom. The van der Waals surface area contributed by atoms with Crippen LogP contribution in [0.5, 0.6) is 0 Å². The first-order valence-corrected chi connectivity index (χ1v) is 4.90. The Morgan fingerprint density at radius 1 is 1.50 bits per heavy atom. The molecule has 1 heterocycles. The van der Waals surface area contributed by atoms with Crippen LogP contribution >= 0.6 is 0 Å². The number of rotatable bonds is 3. The lowest BCUT2D eigenvalue weighted by Gasteiger charge is -2.29. The summed E-state index contributed by atoms with van der Waals surface area (Å²) in [4.78, 5) is 13.4. The molecule has 0 aromatic heterocycles. The van der Waals surface area contributed by atoms with Crippen molar-refractivity contribution >= 4 is 5.97 Å². The van der Waals surface area contributed by atoms with Crippen molar-refractivity contribution in [1.29, 1.82) is 0 Å². The van der Waals surface area contributed by atoms with Gasteiger partial charge in [0, 0.05) is 13.1 Å². The second-order valence-electron chi connectivity index (χ2n) is 3.09. The summed E-state index contributed by atoms with van der Waals surface area (Å²) in [7, 11) is 1.41. The van der Waals surface area contributed by atoms with Gasteiger partial charge in [-0.2, -0.15) is 0 Å². The Labute approximate surface area is 84.5 Å². The number of allylic oxidation sites excluding steroid dienone is 1. The molecular formula is C10H17NO3. The van der Waals surface area contributed by atoms with Crippen molar-refractivity contribution in [2.24, 2.45) is 0 Å². The summed E-state index contributed by atoms with van der Waals surface area (Å²) in [6.45, 7) is 4.89. The molecule has 0 N–H and O–H groups in total. The average molecular weight is 199 g/mol. The van der Waals surface area contributed by atoms with Gasteiger partial charge in [-0.25, -0.2) is 4.79 Å². The zero-order chi connectivity index (χ0) is 10.4. The van der Waals surface area contributed by atoms with E-state index in [4.69, 9.17) is 9.47 Å². The van der Waals surface area contributed by atoms with Crippen LogP contribution in [0, 0.1) is 0 Å². The first-order chi connectivity index (χ1) is 6.79. The third-order valence-corrected chi connectivity index (χ3v) is 2.14. The largest absolute Gasteiger partial charge is 0.464 e. The molecule has 4 heteroatoms. The van der Waals surface area contributed by atoms with Gasteiger partial charge in [-0.05, 0) is 6.42 Å². The van der Waals surface area contributed by atoms with Crippen molar-refractivity contribution in [2.45, 2.75) is 13.3 Å². The van der Waals surface area contributed by atoms with Crippen molar-refractivity contribution in [1.82, 2.24) is 4.90 Å². The molecule has 1 aliphatic heterocycles. The second kappa shape index (κ2) is 5.65. The summed E-state index contributed by atoms with van der Waals surface area (Å²) in [5, 5.41) is 0. The van der Waals surface area contributed by atoms with Crippen LogP contribution in [0.2, 0.25) is 0 Å². The van der Waals surface area contributed by atoms with Gasteiger partial charge in [-0.3, -0.25) is 0 Å². The number of carbonyl (C=O) groups is 1. The van der Waals surface area contributed by atoms with Crippen molar-refractivity contribution < 1.29 is 14.3 Å². The summed E-state index contributed by atoms with van der Waals surface area (Å²) >= 11 is 0. The standard InChI is InChI=1S/C10H17NO3/c1-3-4-9(10(12)13-2)11-5-7-14-8-6-11/h4H,3,5-8H2,1-2H3. The van der Waals surface area contributed by atoms with E-state index >= 15 is 0 Å². The highest BCUT2D eigenvalue weighted by atomic mass is 16.5. The van der Waals surface area contributed by atoms with E-state index in [1.807, 2.05) is 17.9 Å². The summed E-state index contributed by atoms with van der Waals surface area (Å²) in [6.07, 6.45) is 2.74. The fourth-order valence-corrected chi connectivity index (χ4v) is 1.44. The average Bonchev–Trinajstić information content (AvgIpc) is 2.26. The Balaban J connectivity index is 2.66. The summed E-state index contributed by atoms with van der Waals surface area (Å²) in [5.74, 6) is -0.256. The minimum absolute atomic E-state index is 0.256. The molecule has 1 aliphatic rings. The van der Waals surface area contributed by atoms with E-state index in [1.165, 1.54) is 7.11 Å². The van der Waals surface area contributed by atoms with Gasteiger partial charge in [0.15, 0.2) is 0 Å². The molecule has 0 saturated carbocycles. The number of ether oxygens (including phenoxy) is 2.